The van der Waals surface area contributed by atoms with E-state index in [1.165, 1.54) is 44.8 Å². The van der Waals surface area contributed by atoms with Crippen LogP contribution in [0.1, 0.15) is 25.6 Å². The van der Waals surface area contributed by atoms with Crippen LogP contribution in [0.3, 0.4) is 0 Å². The molecule has 160 valence electrons. The molecule has 0 radical (unpaired) electrons. The Kier molecular flexibility index (Phi) is 7.23. The first kappa shape index (κ1) is 21.8. The molecule has 2 amide bonds. The molecule has 2 N–H and O–H groups in total. The van der Waals surface area contributed by atoms with Gasteiger partial charge in [0.25, 0.3) is 11.8 Å². The van der Waals surface area contributed by atoms with Crippen molar-refractivity contribution in [2.75, 3.05) is 26.6 Å². The molecule has 0 unspecified atom stereocenters. The van der Waals surface area contributed by atoms with Crippen molar-refractivity contribution in [3.05, 3.63) is 69.9 Å². The van der Waals surface area contributed by atoms with Gasteiger partial charge in [-0.05, 0) is 35.7 Å². The molecule has 0 fully saturated rings. The maximum atomic E-state index is 12.9. The highest BCUT2D eigenvalue weighted by Gasteiger charge is 2.19. The van der Waals surface area contributed by atoms with Gasteiger partial charge in [-0.3, -0.25) is 9.59 Å². The molecule has 1 heterocycles. The summed E-state index contributed by atoms with van der Waals surface area (Å²) in [6.45, 7) is 0. The van der Waals surface area contributed by atoms with Crippen LogP contribution in [-0.4, -0.2) is 39.4 Å². The van der Waals surface area contributed by atoms with E-state index in [4.69, 9.17) is 14.2 Å². The van der Waals surface area contributed by atoms with Gasteiger partial charge in [-0.25, -0.2) is 5.43 Å². The van der Waals surface area contributed by atoms with Crippen molar-refractivity contribution in [2.24, 2.45) is 5.10 Å². The Labute approximate surface area is 183 Å². The van der Waals surface area contributed by atoms with Gasteiger partial charge in [0.1, 0.15) is 0 Å². The standard InChI is InChI=1S/C22H21N3O5S/c1-28-18-11-14(12-19(29-2)20(18)30-3)21(26)24-17-9-5-4-8-16(17)22(27)25-23-13-15-7-6-10-31-15/h4-13H,1-3H3,(H,24,26)(H,25,27)/b23-13-. The second-order valence-electron chi connectivity index (χ2n) is 6.13. The highest BCUT2D eigenvalue weighted by atomic mass is 32.1. The number of hydrogen-bond acceptors (Lipinski definition) is 7. The van der Waals surface area contributed by atoms with Crippen molar-refractivity contribution in [1.82, 2.24) is 5.43 Å². The number of carbonyl (C=O) groups excluding carboxylic acids is 2. The summed E-state index contributed by atoms with van der Waals surface area (Å²) in [5.41, 5.74) is 3.36. The molecule has 0 saturated carbocycles. The second-order valence-corrected chi connectivity index (χ2v) is 7.11. The fourth-order valence-electron chi connectivity index (χ4n) is 2.78. The summed E-state index contributed by atoms with van der Waals surface area (Å²) < 4.78 is 15.9. The molecule has 0 aliphatic rings. The Morgan fingerprint density at radius 3 is 2.26 bits per heavy atom. The minimum absolute atomic E-state index is 0.270. The van der Waals surface area contributed by atoms with Crippen LogP contribution in [0, 0.1) is 0 Å². The Morgan fingerprint density at radius 1 is 0.935 bits per heavy atom. The van der Waals surface area contributed by atoms with Crippen LogP contribution in [0.2, 0.25) is 0 Å². The molecule has 9 heteroatoms. The molecule has 0 bridgehead atoms. The van der Waals surface area contributed by atoms with Crippen LogP contribution in [0.15, 0.2) is 59.0 Å². The predicted octanol–water partition coefficient (Wildman–Crippen LogP) is 3.79. The number of nitrogens with zero attached hydrogens (tertiary/aromatic N) is 1. The van der Waals surface area contributed by atoms with Gasteiger partial charge in [0.15, 0.2) is 11.5 Å². The zero-order chi connectivity index (χ0) is 22.2. The molecule has 3 rings (SSSR count). The van der Waals surface area contributed by atoms with Gasteiger partial charge in [-0.1, -0.05) is 18.2 Å². The Balaban J connectivity index is 1.80. The molecule has 0 aliphatic carbocycles. The molecular weight excluding hydrogens is 418 g/mol. The number of hydrogen-bond donors (Lipinski definition) is 2. The number of nitrogens with one attached hydrogen (secondary N) is 2. The van der Waals surface area contributed by atoms with Gasteiger partial charge in [0.05, 0.1) is 38.8 Å². The lowest BCUT2D eigenvalue weighted by Gasteiger charge is -2.15. The largest absolute Gasteiger partial charge is 0.493 e. The number of anilines is 1. The summed E-state index contributed by atoms with van der Waals surface area (Å²) in [7, 11) is 4.42. The van der Waals surface area contributed by atoms with Gasteiger partial charge < -0.3 is 19.5 Å². The summed E-state index contributed by atoms with van der Waals surface area (Å²) in [5.74, 6) is 0.182. The third-order valence-electron chi connectivity index (χ3n) is 4.25. The lowest BCUT2D eigenvalue weighted by atomic mass is 10.1. The fourth-order valence-corrected chi connectivity index (χ4v) is 3.36. The first-order chi connectivity index (χ1) is 15.1. The van der Waals surface area contributed by atoms with Crippen LogP contribution in [-0.2, 0) is 0 Å². The van der Waals surface area contributed by atoms with E-state index >= 15 is 0 Å². The smallest absolute Gasteiger partial charge is 0.273 e. The monoisotopic (exact) mass is 439 g/mol. The number of rotatable bonds is 8. The summed E-state index contributed by atoms with van der Waals surface area (Å²) in [6, 6.07) is 13.5. The Bertz CT molecular complexity index is 1070. The van der Waals surface area contributed by atoms with E-state index < -0.39 is 11.8 Å². The van der Waals surface area contributed by atoms with Crippen molar-refractivity contribution in [1.29, 1.82) is 0 Å². The highest BCUT2D eigenvalue weighted by molar-refractivity contribution is 7.11. The van der Waals surface area contributed by atoms with Gasteiger partial charge in [0.2, 0.25) is 5.75 Å². The first-order valence-corrected chi connectivity index (χ1v) is 10.0. The molecule has 8 nitrogen and oxygen atoms in total. The first-order valence-electron chi connectivity index (χ1n) is 9.14. The summed E-state index contributed by atoms with van der Waals surface area (Å²) >= 11 is 1.50. The molecule has 0 aliphatic heterocycles. The predicted molar refractivity (Wildman–Crippen MR) is 120 cm³/mol. The van der Waals surface area contributed by atoms with Gasteiger partial charge >= 0.3 is 0 Å². The Hall–Kier alpha value is -3.85. The third-order valence-corrected chi connectivity index (χ3v) is 5.05. The quantitative estimate of drug-likeness (QED) is 0.411. The SMILES string of the molecule is COc1cc(C(=O)Nc2ccccc2C(=O)N/N=C\c2cccs2)cc(OC)c1OC. The lowest BCUT2D eigenvalue weighted by Crippen LogP contribution is -2.21. The van der Waals surface area contributed by atoms with Gasteiger partial charge in [-0.15, -0.1) is 11.3 Å². The summed E-state index contributed by atoms with van der Waals surface area (Å²) in [5, 5.41) is 8.62. The Morgan fingerprint density at radius 2 is 1.65 bits per heavy atom. The number of ether oxygens (including phenoxy) is 3. The number of methoxy groups -OCH3 is 3. The van der Waals surface area contributed by atoms with E-state index in [0.29, 0.717) is 22.9 Å². The van der Waals surface area contributed by atoms with E-state index in [1.54, 1.807) is 30.5 Å². The van der Waals surface area contributed by atoms with Crippen LogP contribution in [0.5, 0.6) is 17.2 Å². The molecule has 0 spiro atoms. The van der Waals surface area contributed by atoms with E-state index in [2.05, 4.69) is 15.8 Å². The highest BCUT2D eigenvalue weighted by Crippen LogP contribution is 2.38. The van der Waals surface area contributed by atoms with Crippen molar-refractivity contribution in [3.8, 4) is 17.2 Å². The number of amides is 2. The van der Waals surface area contributed by atoms with Crippen LogP contribution >= 0.6 is 11.3 Å². The lowest BCUT2D eigenvalue weighted by molar-refractivity contribution is 0.0956. The summed E-state index contributed by atoms with van der Waals surface area (Å²) in [4.78, 5) is 26.3. The van der Waals surface area contributed by atoms with Crippen LogP contribution < -0.4 is 25.0 Å². The fraction of sp³-hybridized carbons (Fsp3) is 0.136. The van der Waals surface area contributed by atoms with E-state index in [-0.39, 0.29) is 11.1 Å². The zero-order valence-corrected chi connectivity index (χ0v) is 18.0. The number of carbonyl (C=O) groups is 2. The molecule has 3 aromatic rings. The van der Waals surface area contributed by atoms with Crippen LogP contribution in [0.4, 0.5) is 5.69 Å². The van der Waals surface area contributed by atoms with Gasteiger partial charge in [-0.2, -0.15) is 5.10 Å². The van der Waals surface area contributed by atoms with E-state index in [0.717, 1.165) is 4.88 Å². The number of para-hydroxylation sites is 1. The molecular formula is C22H21N3O5S. The van der Waals surface area contributed by atoms with Gasteiger partial charge in [0, 0.05) is 10.4 Å². The number of benzene rings is 2. The minimum Gasteiger partial charge on any atom is -0.493 e. The summed E-state index contributed by atoms with van der Waals surface area (Å²) in [6.07, 6.45) is 1.56. The molecule has 0 saturated heterocycles. The van der Waals surface area contributed by atoms with Crippen LogP contribution in [0.25, 0.3) is 0 Å². The normalized spacial score (nSPS) is 10.5. The molecule has 2 aromatic carbocycles. The van der Waals surface area contributed by atoms with E-state index in [9.17, 15) is 9.59 Å². The molecule has 1 aromatic heterocycles. The average molecular weight is 439 g/mol. The molecule has 0 atom stereocenters. The second kappa shape index (κ2) is 10.3. The average Bonchev–Trinajstić information content (AvgIpc) is 3.31. The van der Waals surface area contributed by atoms with E-state index in [1.807, 2.05) is 17.5 Å². The zero-order valence-electron chi connectivity index (χ0n) is 17.2. The molecule has 31 heavy (non-hydrogen) atoms. The number of thiophene rings is 1. The maximum absolute atomic E-state index is 12.9. The van der Waals surface area contributed by atoms with Crippen molar-refractivity contribution in [2.45, 2.75) is 0 Å². The number of hydrazone groups is 1. The van der Waals surface area contributed by atoms with Crippen molar-refractivity contribution in [3.63, 3.8) is 0 Å². The topological polar surface area (TPSA) is 98.2 Å². The van der Waals surface area contributed by atoms with Crippen molar-refractivity contribution < 1.29 is 23.8 Å². The maximum Gasteiger partial charge on any atom is 0.273 e. The minimum atomic E-state index is -0.450. The van der Waals surface area contributed by atoms with Crippen molar-refractivity contribution >= 4 is 35.1 Å². The third kappa shape index (κ3) is 5.20.